The number of anilines is 1. The molecular weight excluding hydrogens is 500 g/mol. The van der Waals surface area contributed by atoms with Crippen LogP contribution >= 0.6 is 34.3 Å². The van der Waals surface area contributed by atoms with Crippen LogP contribution in [-0.4, -0.2) is 44.2 Å². The zero-order valence-electron chi connectivity index (χ0n) is 19.4. The van der Waals surface area contributed by atoms with E-state index >= 15 is 0 Å². The lowest BCUT2D eigenvalue weighted by Crippen LogP contribution is -2.24. The quantitative estimate of drug-likeness (QED) is 0.249. The number of thiophene rings is 1. The van der Waals surface area contributed by atoms with Gasteiger partial charge in [0.15, 0.2) is 0 Å². The van der Waals surface area contributed by atoms with Gasteiger partial charge in [-0.15, -0.1) is 22.7 Å². The van der Waals surface area contributed by atoms with Crippen LogP contribution in [0, 0.1) is 0 Å². The summed E-state index contributed by atoms with van der Waals surface area (Å²) in [6, 6.07) is 14.2. The van der Waals surface area contributed by atoms with Crippen molar-refractivity contribution in [3.05, 3.63) is 57.9 Å². The van der Waals surface area contributed by atoms with Crippen LogP contribution in [0.3, 0.4) is 0 Å². The van der Waals surface area contributed by atoms with E-state index in [9.17, 15) is 4.79 Å². The Labute approximate surface area is 217 Å². The minimum Gasteiger partial charge on any atom is -0.383 e. The van der Waals surface area contributed by atoms with Crippen molar-refractivity contribution in [1.82, 2.24) is 15.6 Å². The van der Waals surface area contributed by atoms with Crippen LogP contribution in [0.2, 0.25) is 5.02 Å². The van der Waals surface area contributed by atoms with Crippen LogP contribution in [0.5, 0.6) is 0 Å². The van der Waals surface area contributed by atoms with Crippen molar-refractivity contribution in [2.75, 3.05) is 38.7 Å². The second-order valence-electron chi connectivity index (χ2n) is 8.36. The maximum atomic E-state index is 12.7. The van der Waals surface area contributed by atoms with Crippen molar-refractivity contribution in [2.45, 2.75) is 19.4 Å². The van der Waals surface area contributed by atoms with E-state index in [4.69, 9.17) is 21.3 Å². The molecule has 0 bridgehead atoms. The van der Waals surface area contributed by atoms with Gasteiger partial charge in [-0.1, -0.05) is 35.9 Å². The van der Waals surface area contributed by atoms with Gasteiger partial charge in [-0.05, 0) is 42.3 Å². The predicted molar refractivity (Wildman–Crippen MR) is 147 cm³/mol. The van der Waals surface area contributed by atoms with E-state index in [0.29, 0.717) is 19.6 Å². The van der Waals surface area contributed by atoms with Crippen molar-refractivity contribution in [3.8, 4) is 21.7 Å². The molecule has 2 aromatic heterocycles. The molecule has 0 saturated heterocycles. The van der Waals surface area contributed by atoms with Crippen molar-refractivity contribution in [3.63, 3.8) is 0 Å². The van der Waals surface area contributed by atoms with Gasteiger partial charge in [-0.25, -0.2) is 4.98 Å². The summed E-state index contributed by atoms with van der Waals surface area (Å²) < 4.78 is 6.14. The van der Waals surface area contributed by atoms with Crippen molar-refractivity contribution < 1.29 is 9.53 Å². The number of benzene rings is 2. The third kappa shape index (κ3) is 5.43. The number of carbonyl (C=O) groups is 1. The highest BCUT2D eigenvalue weighted by atomic mass is 35.5. The van der Waals surface area contributed by atoms with E-state index in [0.717, 1.165) is 68.0 Å². The van der Waals surface area contributed by atoms with Gasteiger partial charge < -0.3 is 20.7 Å². The zero-order chi connectivity index (χ0) is 24.2. The summed E-state index contributed by atoms with van der Waals surface area (Å²) in [5.74, 6) is 0.00448. The molecule has 4 aromatic rings. The normalized spacial score (nSPS) is 13.2. The topological polar surface area (TPSA) is 75.3 Å². The Kier molecular flexibility index (Phi) is 7.77. The number of hydrogen-bond donors (Lipinski definition) is 3. The van der Waals surface area contributed by atoms with E-state index < -0.39 is 0 Å². The summed E-state index contributed by atoms with van der Waals surface area (Å²) in [5.41, 5.74) is 5.41. The Hall–Kier alpha value is -2.33. The van der Waals surface area contributed by atoms with E-state index in [1.807, 2.05) is 24.3 Å². The highest BCUT2D eigenvalue weighted by molar-refractivity contribution is 7.23. The van der Waals surface area contributed by atoms with Gasteiger partial charge in [-0.2, -0.15) is 0 Å². The van der Waals surface area contributed by atoms with Crippen LogP contribution < -0.4 is 16.0 Å². The van der Waals surface area contributed by atoms with E-state index in [1.165, 1.54) is 10.4 Å². The largest absolute Gasteiger partial charge is 0.383 e. The molecule has 5 rings (SSSR count). The number of amides is 1. The van der Waals surface area contributed by atoms with Crippen molar-refractivity contribution in [1.29, 1.82) is 0 Å². The van der Waals surface area contributed by atoms with Gasteiger partial charge in [0, 0.05) is 54.2 Å². The monoisotopic (exact) mass is 526 g/mol. The molecule has 182 valence electrons. The smallest absolute Gasteiger partial charge is 0.226 e. The molecule has 0 unspecified atom stereocenters. The van der Waals surface area contributed by atoms with E-state index in [2.05, 4.69) is 34.1 Å². The lowest BCUT2D eigenvalue weighted by molar-refractivity contribution is -0.116. The highest BCUT2D eigenvalue weighted by Crippen LogP contribution is 2.45. The molecule has 2 aromatic carbocycles. The van der Waals surface area contributed by atoms with Crippen LogP contribution in [0.4, 0.5) is 5.00 Å². The molecule has 1 aliphatic heterocycles. The molecule has 0 fully saturated rings. The molecule has 0 radical (unpaired) electrons. The zero-order valence-corrected chi connectivity index (χ0v) is 21.8. The Morgan fingerprint density at radius 1 is 1.20 bits per heavy atom. The fraction of sp³-hybridized carbons (Fsp3) is 0.308. The Morgan fingerprint density at radius 2 is 2.09 bits per heavy atom. The summed E-state index contributed by atoms with van der Waals surface area (Å²) in [5, 5.41) is 12.4. The summed E-state index contributed by atoms with van der Waals surface area (Å²) in [6.07, 6.45) is 1.33. The molecule has 6 nitrogen and oxygen atoms in total. The lowest BCUT2D eigenvalue weighted by atomic mass is 10.0. The standard InChI is InChI=1S/C26H27ClN4O2S2/c1-33-13-12-28-11-9-23(32)31-26-24(18-8-10-29-15-22(18)35-26)25-30-20-7-6-16(14-21(20)34-25)17-4-2-3-5-19(17)27/h2-7,14,28-29H,8-13,15H2,1H3,(H,31,32). The number of nitrogens with zero attached hydrogens (tertiary/aromatic N) is 1. The van der Waals surface area contributed by atoms with Gasteiger partial charge in [0.1, 0.15) is 10.0 Å². The van der Waals surface area contributed by atoms with Crippen LogP contribution in [0.15, 0.2) is 42.5 Å². The Bertz CT molecular complexity index is 1350. The van der Waals surface area contributed by atoms with E-state index in [-0.39, 0.29) is 5.91 Å². The van der Waals surface area contributed by atoms with Gasteiger partial charge in [-0.3, -0.25) is 4.79 Å². The lowest BCUT2D eigenvalue weighted by Gasteiger charge is -2.13. The Morgan fingerprint density at radius 3 is 2.94 bits per heavy atom. The van der Waals surface area contributed by atoms with Gasteiger partial charge in [0.25, 0.3) is 0 Å². The first-order valence-electron chi connectivity index (χ1n) is 11.6. The number of thiazole rings is 1. The summed E-state index contributed by atoms with van der Waals surface area (Å²) >= 11 is 9.76. The number of methoxy groups -OCH3 is 1. The van der Waals surface area contributed by atoms with Crippen LogP contribution in [0.25, 0.3) is 31.9 Å². The number of ether oxygens (including phenoxy) is 1. The fourth-order valence-electron chi connectivity index (χ4n) is 4.23. The summed E-state index contributed by atoms with van der Waals surface area (Å²) in [7, 11) is 1.67. The summed E-state index contributed by atoms with van der Waals surface area (Å²) in [4.78, 5) is 19.0. The SMILES string of the molecule is COCCNCCC(=O)Nc1sc2c(c1-c1nc3ccc(-c4ccccc4Cl)cc3s1)CCNC2. The number of carbonyl (C=O) groups excluding carboxylic acids is 1. The molecular formula is C26H27ClN4O2S2. The number of hydrogen-bond acceptors (Lipinski definition) is 7. The molecule has 9 heteroatoms. The first-order chi connectivity index (χ1) is 17.1. The number of halogens is 1. The molecule has 1 amide bonds. The molecule has 3 N–H and O–H groups in total. The minimum atomic E-state index is 0.00448. The van der Waals surface area contributed by atoms with Gasteiger partial charge in [0.2, 0.25) is 5.91 Å². The van der Waals surface area contributed by atoms with E-state index in [1.54, 1.807) is 29.8 Å². The average molecular weight is 527 g/mol. The minimum absolute atomic E-state index is 0.00448. The summed E-state index contributed by atoms with van der Waals surface area (Å²) in [6.45, 7) is 3.73. The third-order valence-electron chi connectivity index (χ3n) is 5.98. The first kappa shape index (κ1) is 24.4. The van der Waals surface area contributed by atoms with Gasteiger partial charge in [0.05, 0.1) is 16.8 Å². The number of fused-ring (bicyclic) bond motifs is 2. The third-order valence-corrected chi connectivity index (χ3v) is 8.49. The van der Waals surface area contributed by atoms with Crippen LogP contribution in [0.1, 0.15) is 16.9 Å². The molecule has 1 aliphatic rings. The fourth-order valence-corrected chi connectivity index (χ4v) is 6.86. The number of rotatable bonds is 9. The molecule has 35 heavy (non-hydrogen) atoms. The molecule has 0 atom stereocenters. The first-order valence-corrected chi connectivity index (χ1v) is 13.7. The molecule has 3 heterocycles. The molecule has 0 saturated carbocycles. The second kappa shape index (κ2) is 11.2. The number of aromatic nitrogens is 1. The Balaban J connectivity index is 1.44. The number of nitrogens with one attached hydrogen (secondary N) is 3. The highest BCUT2D eigenvalue weighted by Gasteiger charge is 2.25. The molecule has 0 aliphatic carbocycles. The molecule has 0 spiro atoms. The second-order valence-corrected chi connectivity index (χ2v) is 10.9. The predicted octanol–water partition coefficient (Wildman–Crippen LogP) is 5.56. The van der Waals surface area contributed by atoms with Gasteiger partial charge >= 0.3 is 0 Å². The maximum Gasteiger partial charge on any atom is 0.226 e. The van der Waals surface area contributed by atoms with Crippen LogP contribution in [-0.2, 0) is 22.5 Å². The van der Waals surface area contributed by atoms with Crippen molar-refractivity contribution >= 4 is 55.4 Å². The maximum absolute atomic E-state index is 12.7. The van der Waals surface area contributed by atoms with Crippen molar-refractivity contribution in [2.24, 2.45) is 0 Å². The average Bonchev–Trinajstić information content (AvgIpc) is 3.44.